The molecule has 128 valence electrons. The number of aromatic nitrogens is 3. The minimum atomic E-state index is -0.168. The monoisotopic (exact) mass is 330 g/mol. The third-order valence-electron chi connectivity index (χ3n) is 4.24. The van der Waals surface area contributed by atoms with Gasteiger partial charge in [0.1, 0.15) is 5.82 Å². The van der Waals surface area contributed by atoms with E-state index < -0.39 is 0 Å². The number of rotatable bonds is 5. The number of hydrogen-bond donors (Lipinski definition) is 2. The van der Waals surface area contributed by atoms with Gasteiger partial charge in [0.05, 0.1) is 30.9 Å². The molecule has 0 saturated carbocycles. The molecule has 0 aromatic carbocycles. The zero-order valence-corrected chi connectivity index (χ0v) is 13.7. The second-order valence-electron chi connectivity index (χ2n) is 5.92. The minimum Gasteiger partial charge on any atom is -0.394 e. The Morgan fingerprint density at radius 3 is 3.12 bits per heavy atom. The molecular weight excluding hydrogens is 308 g/mol. The lowest BCUT2D eigenvalue weighted by molar-refractivity contribution is -0.127. The molecule has 0 spiro atoms. The first kappa shape index (κ1) is 16.6. The molecule has 2 unspecified atom stereocenters. The largest absolute Gasteiger partial charge is 0.394 e. The summed E-state index contributed by atoms with van der Waals surface area (Å²) in [7, 11) is 0. The number of anilines is 1. The summed E-state index contributed by atoms with van der Waals surface area (Å²) in [5.74, 6) is 0.336. The van der Waals surface area contributed by atoms with E-state index in [2.05, 4.69) is 15.4 Å². The summed E-state index contributed by atoms with van der Waals surface area (Å²) in [5.41, 5.74) is 1.57. The van der Waals surface area contributed by atoms with Crippen LogP contribution in [0.2, 0.25) is 0 Å². The average Bonchev–Trinajstić information content (AvgIpc) is 2.99. The van der Waals surface area contributed by atoms with E-state index in [1.807, 2.05) is 19.1 Å². The number of amides is 1. The number of aliphatic hydroxyl groups is 1. The highest BCUT2D eigenvalue weighted by molar-refractivity contribution is 5.92. The zero-order valence-electron chi connectivity index (χ0n) is 13.7. The average molecular weight is 330 g/mol. The molecule has 3 rings (SSSR count). The zero-order chi connectivity index (χ0) is 16.9. The van der Waals surface area contributed by atoms with Crippen molar-refractivity contribution in [2.75, 3.05) is 18.5 Å². The smallest absolute Gasteiger partial charge is 0.231 e. The molecule has 2 atom stereocenters. The fourth-order valence-corrected chi connectivity index (χ4v) is 2.92. The van der Waals surface area contributed by atoms with Crippen LogP contribution in [0, 0.1) is 5.92 Å². The molecule has 24 heavy (non-hydrogen) atoms. The van der Waals surface area contributed by atoms with Crippen molar-refractivity contribution >= 4 is 11.7 Å². The van der Waals surface area contributed by atoms with Gasteiger partial charge >= 0.3 is 0 Å². The normalized spacial score (nSPS) is 20.8. The van der Waals surface area contributed by atoms with Crippen LogP contribution in [0.15, 0.2) is 30.6 Å². The van der Waals surface area contributed by atoms with Gasteiger partial charge in [-0.1, -0.05) is 0 Å². The minimum absolute atomic E-state index is 0.0556. The summed E-state index contributed by atoms with van der Waals surface area (Å²) in [6.45, 7) is 2.89. The molecule has 7 heteroatoms. The maximum atomic E-state index is 12.6. The van der Waals surface area contributed by atoms with Gasteiger partial charge in [0.15, 0.2) is 0 Å². The molecule has 0 bridgehead atoms. The molecule has 2 N–H and O–H groups in total. The summed E-state index contributed by atoms with van der Waals surface area (Å²) in [6, 6.07) is 5.54. The summed E-state index contributed by atoms with van der Waals surface area (Å²) in [5, 5.41) is 16.6. The summed E-state index contributed by atoms with van der Waals surface area (Å²) < 4.78 is 7.18. The molecule has 1 aliphatic heterocycles. The third kappa shape index (κ3) is 3.63. The van der Waals surface area contributed by atoms with Gasteiger partial charge in [-0.2, -0.15) is 5.10 Å². The second-order valence-corrected chi connectivity index (χ2v) is 5.92. The van der Waals surface area contributed by atoms with Crippen LogP contribution in [-0.2, 0) is 16.1 Å². The number of nitrogens with zero attached hydrogens (tertiary/aromatic N) is 3. The maximum absolute atomic E-state index is 12.6. The molecule has 1 saturated heterocycles. The second kappa shape index (κ2) is 7.55. The van der Waals surface area contributed by atoms with E-state index in [0.29, 0.717) is 24.7 Å². The van der Waals surface area contributed by atoms with Gasteiger partial charge in [0.25, 0.3) is 0 Å². The van der Waals surface area contributed by atoms with Crippen molar-refractivity contribution < 1.29 is 14.6 Å². The van der Waals surface area contributed by atoms with Crippen molar-refractivity contribution in [1.82, 2.24) is 14.8 Å². The molecule has 1 aliphatic rings. The van der Waals surface area contributed by atoms with Gasteiger partial charge in [-0.3, -0.25) is 9.78 Å². The fourth-order valence-electron chi connectivity index (χ4n) is 2.92. The SMILES string of the molecule is CC1OCCCC1C(=O)Nc1cc(-c2cccnc2)nn1CCO. The Kier molecular flexibility index (Phi) is 5.22. The molecule has 1 amide bonds. The first-order valence-electron chi connectivity index (χ1n) is 8.20. The van der Waals surface area contributed by atoms with E-state index in [0.717, 1.165) is 18.4 Å². The lowest BCUT2D eigenvalue weighted by atomic mass is 9.94. The number of aliphatic hydroxyl groups excluding tert-OH is 1. The van der Waals surface area contributed by atoms with Crippen molar-refractivity contribution in [3.8, 4) is 11.3 Å². The van der Waals surface area contributed by atoms with Gasteiger partial charge in [0, 0.05) is 30.6 Å². The lowest BCUT2D eigenvalue weighted by Crippen LogP contribution is -2.36. The summed E-state index contributed by atoms with van der Waals surface area (Å²) in [6.07, 6.45) is 5.02. The third-order valence-corrected chi connectivity index (χ3v) is 4.24. The number of nitrogens with one attached hydrogen (secondary N) is 1. The van der Waals surface area contributed by atoms with Crippen LogP contribution in [0.25, 0.3) is 11.3 Å². The molecule has 2 aromatic heterocycles. The molecular formula is C17H22N4O3. The van der Waals surface area contributed by atoms with Crippen molar-refractivity contribution in [3.63, 3.8) is 0 Å². The Morgan fingerprint density at radius 2 is 2.42 bits per heavy atom. The van der Waals surface area contributed by atoms with Crippen LogP contribution < -0.4 is 5.32 Å². The quantitative estimate of drug-likeness (QED) is 0.871. The topological polar surface area (TPSA) is 89.3 Å². The van der Waals surface area contributed by atoms with Crippen LogP contribution in [0.1, 0.15) is 19.8 Å². The van der Waals surface area contributed by atoms with E-state index >= 15 is 0 Å². The number of ether oxygens (including phenoxy) is 1. The first-order valence-corrected chi connectivity index (χ1v) is 8.20. The van der Waals surface area contributed by atoms with Gasteiger partial charge in [0.2, 0.25) is 5.91 Å². The maximum Gasteiger partial charge on any atom is 0.231 e. The number of hydrogen-bond acceptors (Lipinski definition) is 5. The molecule has 1 fully saturated rings. The standard InChI is InChI=1S/C17H22N4O3/c1-12-14(5-3-9-24-12)17(23)19-16-10-15(20-21(16)7-8-22)13-4-2-6-18-11-13/h2,4,6,10-12,14,22H,3,5,7-9H2,1H3,(H,19,23). The predicted molar refractivity (Wildman–Crippen MR) is 89.3 cm³/mol. The van der Waals surface area contributed by atoms with Crippen LogP contribution in [0.5, 0.6) is 0 Å². The van der Waals surface area contributed by atoms with Crippen LogP contribution >= 0.6 is 0 Å². The number of carbonyl (C=O) groups excluding carboxylic acids is 1. The van der Waals surface area contributed by atoms with Crippen molar-refractivity contribution in [1.29, 1.82) is 0 Å². The van der Waals surface area contributed by atoms with Crippen molar-refractivity contribution in [2.24, 2.45) is 5.92 Å². The van der Waals surface area contributed by atoms with E-state index in [-0.39, 0.29) is 24.5 Å². The molecule has 0 aliphatic carbocycles. The predicted octanol–water partition coefficient (Wildman–Crippen LogP) is 1.69. The highest BCUT2D eigenvalue weighted by Gasteiger charge is 2.29. The Bertz CT molecular complexity index is 686. The van der Waals surface area contributed by atoms with E-state index in [4.69, 9.17) is 4.74 Å². The van der Waals surface area contributed by atoms with E-state index in [1.54, 1.807) is 23.1 Å². The van der Waals surface area contributed by atoms with Gasteiger partial charge in [-0.15, -0.1) is 0 Å². The van der Waals surface area contributed by atoms with E-state index in [1.165, 1.54) is 0 Å². The first-order chi connectivity index (χ1) is 11.7. The van der Waals surface area contributed by atoms with Crippen LogP contribution in [-0.4, -0.2) is 45.1 Å². The number of carbonyl (C=O) groups is 1. The van der Waals surface area contributed by atoms with Gasteiger partial charge in [-0.05, 0) is 31.9 Å². The van der Waals surface area contributed by atoms with Crippen LogP contribution in [0.3, 0.4) is 0 Å². The van der Waals surface area contributed by atoms with Crippen LogP contribution in [0.4, 0.5) is 5.82 Å². The fraction of sp³-hybridized carbons (Fsp3) is 0.471. The summed E-state index contributed by atoms with van der Waals surface area (Å²) >= 11 is 0. The highest BCUT2D eigenvalue weighted by atomic mass is 16.5. The van der Waals surface area contributed by atoms with E-state index in [9.17, 15) is 9.90 Å². The Morgan fingerprint density at radius 1 is 1.54 bits per heavy atom. The summed E-state index contributed by atoms with van der Waals surface area (Å²) in [4.78, 5) is 16.7. The molecule has 0 radical (unpaired) electrons. The molecule has 2 aromatic rings. The highest BCUT2D eigenvalue weighted by Crippen LogP contribution is 2.25. The van der Waals surface area contributed by atoms with Gasteiger partial charge < -0.3 is 15.2 Å². The Labute approximate surface area is 140 Å². The van der Waals surface area contributed by atoms with Crippen molar-refractivity contribution in [3.05, 3.63) is 30.6 Å². The Hall–Kier alpha value is -2.25. The van der Waals surface area contributed by atoms with Gasteiger partial charge in [-0.25, -0.2) is 4.68 Å². The number of pyridine rings is 1. The van der Waals surface area contributed by atoms with Crippen molar-refractivity contribution in [2.45, 2.75) is 32.4 Å². The lowest BCUT2D eigenvalue weighted by Gasteiger charge is -2.28. The molecule has 3 heterocycles. The molecule has 7 nitrogen and oxygen atoms in total. The Balaban J connectivity index is 1.81.